The first kappa shape index (κ1) is 18.0. The van der Waals surface area contributed by atoms with Crippen molar-refractivity contribution >= 4 is 34.8 Å². The van der Waals surface area contributed by atoms with Crippen LogP contribution in [0.3, 0.4) is 0 Å². The Bertz CT molecular complexity index is 769. The van der Waals surface area contributed by atoms with Crippen LogP contribution < -0.4 is 0 Å². The summed E-state index contributed by atoms with van der Waals surface area (Å²) in [4.78, 5) is 27.9. The van der Waals surface area contributed by atoms with E-state index < -0.39 is 6.04 Å². The Morgan fingerprint density at radius 3 is 2.40 bits per heavy atom. The fourth-order valence-corrected chi connectivity index (χ4v) is 3.73. The SMILES string of the molecule is Cn1cc(I)c(C(=O)N2CCN(C(C=O)c3ccc(F)cc3)CC2)n1. The van der Waals surface area contributed by atoms with Gasteiger partial charge in [0.2, 0.25) is 0 Å². The molecule has 1 aliphatic rings. The molecule has 0 N–H and O–H groups in total. The van der Waals surface area contributed by atoms with Crippen LogP contribution >= 0.6 is 22.6 Å². The molecule has 0 radical (unpaired) electrons. The lowest BCUT2D eigenvalue weighted by Gasteiger charge is -2.37. The Morgan fingerprint density at radius 1 is 1.24 bits per heavy atom. The monoisotopic (exact) mass is 456 g/mol. The quantitative estimate of drug-likeness (QED) is 0.521. The molecule has 1 saturated heterocycles. The minimum atomic E-state index is -0.423. The van der Waals surface area contributed by atoms with E-state index in [2.05, 4.69) is 27.7 Å². The van der Waals surface area contributed by atoms with Gasteiger partial charge in [0, 0.05) is 39.4 Å². The van der Waals surface area contributed by atoms with Crippen molar-refractivity contribution < 1.29 is 14.0 Å². The number of halogens is 2. The molecule has 1 aromatic heterocycles. The van der Waals surface area contributed by atoms with E-state index in [0.29, 0.717) is 31.9 Å². The Labute approximate surface area is 158 Å². The van der Waals surface area contributed by atoms with Gasteiger partial charge in [0.05, 0.1) is 9.61 Å². The third-order valence-electron chi connectivity index (χ3n) is 4.32. The van der Waals surface area contributed by atoms with E-state index in [9.17, 15) is 14.0 Å². The van der Waals surface area contributed by atoms with E-state index in [4.69, 9.17) is 0 Å². The number of hydrogen-bond acceptors (Lipinski definition) is 4. The van der Waals surface area contributed by atoms with Gasteiger partial charge in [-0.25, -0.2) is 4.39 Å². The highest BCUT2D eigenvalue weighted by atomic mass is 127. The van der Waals surface area contributed by atoms with E-state index in [1.165, 1.54) is 12.1 Å². The van der Waals surface area contributed by atoms with Crippen molar-refractivity contribution in [1.82, 2.24) is 19.6 Å². The maximum absolute atomic E-state index is 13.1. The maximum Gasteiger partial charge on any atom is 0.275 e. The molecule has 0 bridgehead atoms. The molecule has 1 aliphatic heterocycles. The van der Waals surface area contributed by atoms with Crippen LogP contribution in [0.2, 0.25) is 0 Å². The summed E-state index contributed by atoms with van der Waals surface area (Å²) in [5.41, 5.74) is 1.22. The van der Waals surface area contributed by atoms with Crippen LogP contribution in [0.1, 0.15) is 22.1 Å². The Balaban J connectivity index is 1.66. The van der Waals surface area contributed by atoms with E-state index in [1.807, 2.05) is 4.90 Å². The lowest BCUT2D eigenvalue weighted by molar-refractivity contribution is -0.113. The third kappa shape index (κ3) is 3.90. The molecule has 132 valence electrons. The fourth-order valence-electron chi connectivity index (χ4n) is 2.99. The minimum absolute atomic E-state index is 0.0888. The molecule has 8 heteroatoms. The molecular formula is C17H18FIN4O2. The van der Waals surface area contributed by atoms with E-state index in [0.717, 1.165) is 15.4 Å². The van der Waals surface area contributed by atoms with E-state index in [-0.39, 0.29) is 11.7 Å². The zero-order valence-corrected chi connectivity index (χ0v) is 15.9. The summed E-state index contributed by atoms with van der Waals surface area (Å²) in [6.45, 7) is 2.21. The number of aldehydes is 1. The molecule has 0 saturated carbocycles. The highest BCUT2D eigenvalue weighted by Crippen LogP contribution is 2.22. The number of nitrogens with zero attached hydrogens (tertiary/aromatic N) is 4. The van der Waals surface area contributed by atoms with Crippen LogP contribution in [-0.4, -0.2) is 58.0 Å². The molecule has 2 aromatic rings. The minimum Gasteiger partial charge on any atom is -0.335 e. The predicted octanol–water partition coefficient (Wildman–Crippen LogP) is 1.86. The molecule has 2 heterocycles. The average molecular weight is 456 g/mol. The van der Waals surface area contributed by atoms with E-state index >= 15 is 0 Å². The van der Waals surface area contributed by atoms with Crippen molar-refractivity contribution in [3.05, 3.63) is 51.1 Å². The van der Waals surface area contributed by atoms with E-state index in [1.54, 1.807) is 35.0 Å². The number of carbonyl (C=O) groups is 2. The molecule has 1 unspecified atom stereocenters. The summed E-state index contributed by atoms with van der Waals surface area (Å²) in [6, 6.07) is 5.54. The van der Waals surface area contributed by atoms with Gasteiger partial charge in [-0.1, -0.05) is 12.1 Å². The molecule has 0 spiro atoms. The van der Waals surface area contributed by atoms with Gasteiger partial charge in [-0.2, -0.15) is 5.10 Å². The first-order valence-corrected chi connectivity index (χ1v) is 9.00. The predicted molar refractivity (Wildman–Crippen MR) is 98.6 cm³/mol. The van der Waals surface area contributed by atoms with Crippen molar-refractivity contribution in [2.75, 3.05) is 26.2 Å². The van der Waals surface area contributed by atoms with Gasteiger partial charge >= 0.3 is 0 Å². The van der Waals surface area contributed by atoms with Gasteiger partial charge in [0.15, 0.2) is 5.69 Å². The van der Waals surface area contributed by atoms with Crippen molar-refractivity contribution in [2.45, 2.75) is 6.04 Å². The number of amides is 1. The largest absolute Gasteiger partial charge is 0.335 e. The zero-order chi connectivity index (χ0) is 18.0. The van der Waals surface area contributed by atoms with Gasteiger partial charge in [-0.15, -0.1) is 0 Å². The summed E-state index contributed by atoms with van der Waals surface area (Å²) < 4.78 is 15.5. The van der Waals surface area contributed by atoms with Gasteiger partial charge in [0.25, 0.3) is 5.91 Å². The first-order chi connectivity index (χ1) is 12.0. The molecule has 1 atom stereocenters. The molecule has 6 nitrogen and oxygen atoms in total. The molecule has 1 aromatic carbocycles. The molecule has 3 rings (SSSR count). The van der Waals surface area contributed by atoms with Gasteiger partial charge in [0.1, 0.15) is 12.1 Å². The number of piperazine rings is 1. The standard InChI is InChI=1S/C17H18FIN4O2/c1-21-10-14(19)16(20-21)17(25)23-8-6-22(7-9-23)15(11-24)12-2-4-13(18)5-3-12/h2-5,10-11,15H,6-9H2,1H3. The number of hydrogen-bond donors (Lipinski definition) is 0. The van der Waals surface area contributed by atoms with Crippen LogP contribution in [0, 0.1) is 9.39 Å². The number of benzene rings is 1. The molecule has 1 amide bonds. The highest BCUT2D eigenvalue weighted by molar-refractivity contribution is 14.1. The summed E-state index contributed by atoms with van der Waals surface area (Å²) >= 11 is 2.11. The number of rotatable bonds is 4. The topological polar surface area (TPSA) is 58.4 Å². The summed E-state index contributed by atoms with van der Waals surface area (Å²) in [7, 11) is 1.79. The Morgan fingerprint density at radius 2 is 1.88 bits per heavy atom. The van der Waals surface area contributed by atoms with Crippen molar-refractivity contribution in [2.24, 2.45) is 7.05 Å². The Hall–Kier alpha value is -1.81. The lowest BCUT2D eigenvalue weighted by Crippen LogP contribution is -2.50. The van der Waals surface area contributed by atoms with Crippen molar-refractivity contribution in [3.63, 3.8) is 0 Å². The van der Waals surface area contributed by atoms with Crippen LogP contribution in [-0.2, 0) is 11.8 Å². The molecule has 0 aliphatic carbocycles. The maximum atomic E-state index is 13.1. The normalized spacial score (nSPS) is 16.7. The van der Waals surface area contributed by atoms with Gasteiger partial charge in [-0.3, -0.25) is 14.4 Å². The second-order valence-electron chi connectivity index (χ2n) is 5.96. The van der Waals surface area contributed by atoms with Crippen molar-refractivity contribution in [3.8, 4) is 0 Å². The lowest BCUT2D eigenvalue weighted by atomic mass is 10.1. The van der Waals surface area contributed by atoms with Crippen LogP contribution in [0.25, 0.3) is 0 Å². The van der Waals surface area contributed by atoms with Gasteiger partial charge in [-0.05, 0) is 40.3 Å². The average Bonchev–Trinajstić information content (AvgIpc) is 2.95. The van der Waals surface area contributed by atoms with Crippen LogP contribution in [0.5, 0.6) is 0 Å². The van der Waals surface area contributed by atoms with Gasteiger partial charge < -0.3 is 9.69 Å². The fraction of sp³-hybridized carbons (Fsp3) is 0.353. The summed E-state index contributed by atoms with van der Waals surface area (Å²) in [5, 5.41) is 4.22. The third-order valence-corrected chi connectivity index (χ3v) is 5.11. The number of aromatic nitrogens is 2. The Kier molecular flexibility index (Phi) is 5.48. The molecular weight excluding hydrogens is 438 g/mol. The second-order valence-corrected chi connectivity index (χ2v) is 7.12. The zero-order valence-electron chi connectivity index (χ0n) is 13.7. The molecule has 1 fully saturated rings. The second kappa shape index (κ2) is 7.61. The first-order valence-electron chi connectivity index (χ1n) is 7.93. The summed E-state index contributed by atoms with van der Waals surface area (Å²) in [6.07, 6.45) is 2.67. The molecule has 25 heavy (non-hydrogen) atoms. The van der Waals surface area contributed by atoms with Crippen LogP contribution in [0.15, 0.2) is 30.5 Å². The smallest absolute Gasteiger partial charge is 0.275 e. The highest BCUT2D eigenvalue weighted by Gasteiger charge is 2.29. The summed E-state index contributed by atoms with van der Waals surface area (Å²) in [5.74, 6) is -0.414. The van der Waals surface area contributed by atoms with Crippen molar-refractivity contribution in [1.29, 1.82) is 0 Å². The number of aryl methyl sites for hydroxylation is 1. The van der Waals surface area contributed by atoms with Crippen LogP contribution in [0.4, 0.5) is 4.39 Å². The number of carbonyl (C=O) groups excluding carboxylic acids is 2.